The predicted molar refractivity (Wildman–Crippen MR) is 72.4 cm³/mol. The number of carbonyl (C=O) groups is 1. The summed E-state index contributed by atoms with van der Waals surface area (Å²) in [5.74, 6) is 0.0231. The van der Waals surface area contributed by atoms with Crippen molar-refractivity contribution in [2.24, 2.45) is 5.92 Å². The smallest absolute Gasteiger partial charge is 0.339 e. The number of rotatable bonds is 4. The Morgan fingerprint density at radius 3 is 2.56 bits per heavy atom. The second-order valence-corrected chi connectivity index (χ2v) is 5.33. The number of hydrogen-bond acceptors (Lipinski definition) is 2. The molecule has 1 aliphatic heterocycles. The lowest BCUT2D eigenvalue weighted by atomic mass is 9.92. The van der Waals surface area contributed by atoms with Crippen molar-refractivity contribution in [1.29, 1.82) is 0 Å². The van der Waals surface area contributed by atoms with Gasteiger partial charge in [-0.05, 0) is 24.3 Å². The second-order valence-electron chi connectivity index (χ2n) is 4.87. The summed E-state index contributed by atoms with van der Waals surface area (Å²) >= 11 is 6.25. The summed E-state index contributed by atoms with van der Waals surface area (Å²) < 4.78 is 5.11. The molecule has 2 rings (SSSR count). The van der Waals surface area contributed by atoms with Gasteiger partial charge in [-0.25, -0.2) is 4.79 Å². The lowest BCUT2D eigenvalue weighted by molar-refractivity contribution is -0.159. The van der Waals surface area contributed by atoms with E-state index >= 15 is 0 Å². The van der Waals surface area contributed by atoms with Crippen LogP contribution in [0.3, 0.4) is 0 Å². The first-order valence-corrected chi connectivity index (χ1v) is 6.61. The summed E-state index contributed by atoms with van der Waals surface area (Å²) in [6.07, 6.45) is 1.42. The van der Waals surface area contributed by atoms with Crippen LogP contribution in [0.5, 0.6) is 0 Å². The molecule has 0 radical (unpaired) electrons. The van der Waals surface area contributed by atoms with Crippen LogP contribution in [0.4, 0.5) is 0 Å². The van der Waals surface area contributed by atoms with E-state index in [4.69, 9.17) is 16.3 Å². The molecule has 1 aromatic rings. The van der Waals surface area contributed by atoms with Gasteiger partial charge in [0.1, 0.15) is 6.10 Å². The molecule has 18 heavy (non-hydrogen) atoms. The van der Waals surface area contributed by atoms with Gasteiger partial charge in [-0.2, -0.15) is 0 Å². The van der Waals surface area contributed by atoms with Gasteiger partial charge in [-0.15, -0.1) is 0 Å². The number of ether oxygens (including phenoxy) is 1. The van der Waals surface area contributed by atoms with Gasteiger partial charge in [-0.3, -0.25) is 0 Å². The highest BCUT2D eigenvalue weighted by Gasteiger charge is 2.40. The molecule has 0 N–H and O–H groups in total. The average Bonchev–Trinajstić information content (AvgIpc) is 2.34. The van der Waals surface area contributed by atoms with Gasteiger partial charge in [0.05, 0.1) is 5.57 Å². The van der Waals surface area contributed by atoms with E-state index in [0.29, 0.717) is 17.0 Å². The Morgan fingerprint density at radius 1 is 1.33 bits per heavy atom. The molecule has 1 heterocycles. The van der Waals surface area contributed by atoms with E-state index in [2.05, 4.69) is 12.1 Å². The zero-order chi connectivity index (χ0) is 13.1. The minimum Gasteiger partial charge on any atom is -0.453 e. The van der Waals surface area contributed by atoms with Crippen molar-refractivity contribution in [3.63, 3.8) is 0 Å². The largest absolute Gasteiger partial charge is 0.453 e. The van der Waals surface area contributed by atoms with Crippen molar-refractivity contribution >= 4 is 17.6 Å². The quantitative estimate of drug-likeness (QED) is 0.612. The highest BCUT2D eigenvalue weighted by atomic mass is 35.5. The molecular formula is C15H17ClO2. The fraction of sp³-hybridized carbons (Fsp3) is 0.400. The Balaban J connectivity index is 2.02. The van der Waals surface area contributed by atoms with Crippen LogP contribution in [0.1, 0.15) is 25.8 Å². The molecule has 2 nitrogen and oxygen atoms in total. The molecule has 0 unspecified atom stereocenters. The van der Waals surface area contributed by atoms with Gasteiger partial charge >= 0.3 is 5.97 Å². The summed E-state index contributed by atoms with van der Waals surface area (Å²) in [6.45, 7) is 4.05. The number of carbonyl (C=O) groups excluding carboxylic acids is 1. The maximum Gasteiger partial charge on any atom is 0.339 e. The molecule has 0 amide bonds. The van der Waals surface area contributed by atoms with Gasteiger partial charge in [0.15, 0.2) is 0 Å². The van der Waals surface area contributed by atoms with Gasteiger partial charge < -0.3 is 4.74 Å². The molecule has 1 atom stereocenters. The van der Waals surface area contributed by atoms with Crippen LogP contribution in [0, 0.1) is 5.92 Å². The standard InChI is InChI=1S/C15H17ClO2/c1-10(2)14-13(15(17)18-14)12(16)9-8-11-6-4-3-5-7-11/h3-7,10,14H,8-9H2,1-2H3/b13-12-/t14-/m0/s1. The first-order valence-electron chi connectivity index (χ1n) is 6.23. The molecule has 0 spiro atoms. The minimum atomic E-state index is -0.258. The molecule has 1 fully saturated rings. The normalized spacial score (nSPS) is 21.6. The van der Waals surface area contributed by atoms with Crippen molar-refractivity contribution < 1.29 is 9.53 Å². The molecule has 0 aliphatic carbocycles. The summed E-state index contributed by atoms with van der Waals surface area (Å²) in [7, 11) is 0. The Labute approximate surface area is 113 Å². The van der Waals surface area contributed by atoms with Gasteiger partial charge in [-0.1, -0.05) is 55.8 Å². The SMILES string of the molecule is CC(C)[C@@H]1OC(=O)/C1=C(\Cl)CCc1ccccc1. The van der Waals surface area contributed by atoms with Gasteiger partial charge in [0.2, 0.25) is 0 Å². The van der Waals surface area contributed by atoms with E-state index in [9.17, 15) is 4.79 Å². The van der Waals surface area contributed by atoms with Crippen LogP contribution in [-0.2, 0) is 16.0 Å². The van der Waals surface area contributed by atoms with E-state index in [-0.39, 0.29) is 18.0 Å². The van der Waals surface area contributed by atoms with Gasteiger partial charge in [0.25, 0.3) is 0 Å². The molecule has 96 valence electrons. The number of cyclic esters (lactones) is 1. The first kappa shape index (κ1) is 13.2. The summed E-state index contributed by atoms with van der Waals surface area (Å²) in [4.78, 5) is 11.4. The highest BCUT2D eigenvalue weighted by molar-refractivity contribution is 6.32. The third-order valence-electron chi connectivity index (χ3n) is 3.11. The van der Waals surface area contributed by atoms with Gasteiger partial charge in [0, 0.05) is 5.03 Å². The number of esters is 1. The summed E-state index contributed by atoms with van der Waals surface area (Å²) in [6, 6.07) is 10.1. The third kappa shape index (κ3) is 2.75. The maximum atomic E-state index is 11.4. The first-order chi connectivity index (χ1) is 8.59. The summed E-state index contributed by atoms with van der Waals surface area (Å²) in [5, 5.41) is 0.647. The fourth-order valence-corrected chi connectivity index (χ4v) is 2.34. The maximum absolute atomic E-state index is 11.4. The van der Waals surface area contributed by atoms with Crippen molar-refractivity contribution in [2.45, 2.75) is 32.8 Å². The number of hydrogen-bond donors (Lipinski definition) is 0. The van der Waals surface area contributed by atoms with E-state index in [1.165, 1.54) is 5.56 Å². The zero-order valence-electron chi connectivity index (χ0n) is 10.7. The number of aryl methyl sites for hydroxylation is 1. The molecule has 0 saturated carbocycles. The molecule has 0 aromatic heterocycles. The highest BCUT2D eigenvalue weighted by Crippen LogP contribution is 2.33. The predicted octanol–water partition coefficient (Wildman–Crippen LogP) is 3.69. The Hall–Kier alpha value is -1.28. The van der Waals surface area contributed by atoms with Crippen LogP contribution in [0.15, 0.2) is 40.9 Å². The van der Waals surface area contributed by atoms with Crippen molar-refractivity contribution in [1.82, 2.24) is 0 Å². The minimum absolute atomic E-state index is 0.124. The van der Waals surface area contributed by atoms with Crippen molar-refractivity contribution in [3.05, 3.63) is 46.5 Å². The second kappa shape index (κ2) is 5.57. The molecule has 1 aromatic carbocycles. The van der Waals surface area contributed by atoms with E-state index in [1.807, 2.05) is 32.0 Å². The summed E-state index contributed by atoms with van der Waals surface area (Å²) in [5.41, 5.74) is 1.90. The average molecular weight is 265 g/mol. The Kier molecular flexibility index (Phi) is 4.07. The van der Waals surface area contributed by atoms with Crippen molar-refractivity contribution in [3.8, 4) is 0 Å². The van der Waals surface area contributed by atoms with E-state index < -0.39 is 0 Å². The van der Waals surface area contributed by atoms with Crippen LogP contribution in [0.2, 0.25) is 0 Å². The van der Waals surface area contributed by atoms with Crippen LogP contribution >= 0.6 is 11.6 Å². The molecule has 1 aliphatic rings. The lowest BCUT2D eigenvalue weighted by Crippen LogP contribution is -2.41. The molecular weight excluding hydrogens is 248 g/mol. The van der Waals surface area contributed by atoms with E-state index in [1.54, 1.807) is 0 Å². The van der Waals surface area contributed by atoms with E-state index in [0.717, 1.165) is 6.42 Å². The van der Waals surface area contributed by atoms with Crippen LogP contribution in [0.25, 0.3) is 0 Å². The number of allylic oxidation sites excluding steroid dienone is 1. The number of halogens is 1. The third-order valence-corrected chi connectivity index (χ3v) is 3.50. The topological polar surface area (TPSA) is 26.3 Å². The molecule has 0 bridgehead atoms. The Bertz CT molecular complexity index is 463. The molecule has 3 heteroatoms. The van der Waals surface area contributed by atoms with Crippen LogP contribution < -0.4 is 0 Å². The number of benzene rings is 1. The monoisotopic (exact) mass is 264 g/mol. The fourth-order valence-electron chi connectivity index (χ4n) is 2.06. The Morgan fingerprint density at radius 2 is 2.00 bits per heavy atom. The van der Waals surface area contributed by atoms with Crippen LogP contribution in [-0.4, -0.2) is 12.1 Å². The zero-order valence-corrected chi connectivity index (χ0v) is 11.4. The molecule has 1 saturated heterocycles. The lowest BCUT2D eigenvalue weighted by Gasteiger charge is -2.33. The van der Waals surface area contributed by atoms with Crippen molar-refractivity contribution in [2.75, 3.05) is 0 Å².